The van der Waals surface area contributed by atoms with Crippen LogP contribution in [0.5, 0.6) is 0 Å². The van der Waals surface area contributed by atoms with Crippen LogP contribution in [0.25, 0.3) is 0 Å². The fourth-order valence-electron chi connectivity index (χ4n) is 1.43. The SMILES string of the molecule is CC(C)(C#N)CCCNc1ccc(F)c(Cl)c1. The van der Waals surface area contributed by atoms with Crippen LogP contribution in [-0.2, 0) is 0 Å². The molecule has 0 unspecified atom stereocenters. The Morgan fingerprint density at radius 2 is 2.18 bits per heavy atom. The van der Waals surface area contributed by atoms with Crippen LogP contribution in [0.4, 0.5) is 10.1 Å². The van der Waals surface area contributed by atoms with Crippen molar-refractivity contribution in [3.05, 3.63) is 29.0 Å². The fraction of sp³-hybridized carbons (Fsp3) is 0.462. The summed E-state index contributed by atoms with van der Waals surface area (Å²) in [5, 5.41) is 12.1. The lowest BCUT2D eigenvalue weighted by molar-refractivity contribution is 0.441. The number of nitrogens with one attached hydrogen (secondary N) is 1. The zero-order chi connectivity index (χ0) is 12.9. The molecule has 1 N–H and O–H groups in total. The van der Waals surface area contributed by atoms with E-state index in [0.717, 1.165) is 25.1 Å². The number of hydrogen-bond acceptors (Lipinski definition) is 2. The predicted octanol–water partition coefficient (Wildman–Crippen LogP) is 4.22. The van der Waals surface area contributed by atoms with Gasteiger partial charge in [0, 0.05) is 12.2 Å². The minimum Gasteiger partial charge on any atom is -0.385 e. The minimum absolute atomic E-state index is 0.118. The molecule has 0 aliphatic heterocycles. The molecule has 1 aromatic rings. The molecule has 0 bridgehead atoms. The van der Waals surface area contributed by atoms with E-state index in [2.05, 4.69) is 11.4 Å². The first kappa shape index (κ1) is 13.8. The van der Waals surface area contributed by atoms with E-state index < -0.39 is 5.82 Å². The molecule has 4 heteroatoms. The van der Waals surface area contributed by atoms with Gasteiger partial charge in [-0.05, 0) is 44.9 Å². The van der Waals surface area contributed by atoms with E-state index in [1.807, 2.05) is 13.8 Å². The lowest BCUT2D eigenvalue weighted by Gasteiger charge is -2.15. The summed E-state index contributed by atoms with van der Waals surface area (Å²) in [7, 11) is 0. The van der Waals surface area contributed by atoms with Gasteiger partial charge >= 0.3 is 0 Å². The summed E-state index contributed by atoms with van der Waals surface area (Å²) >= 11 is 5.66. The zero-order valence-electron chi connectivity index (χ0n) is 10.1. The molecule has 0 heterocycles. The first-order valence-electron chi connectivity index (χ1n) is 5.55. The first-order valence-corrected chi connectivity index (χ1v) is 5.92. The van der Waals surface area contributed by atoms with Gasteiger partial charge < -0.3 is 5.32 Å². The van der Waals surface area contributed by atoms with Crippen molar-refractivity contribution in [2.75, 3.05) is 11.9 Å². The van der Waals surface area contributed by atoms with Gasteiger partial charge in [-0.3, -0.25) is 0 Å². The van der Waals surface area contributed by atoms with Crippen molar-refractivity contribution in [3.8, 4) is 6.07 Å². The summed E-state index contributed by atoms with van der Waals surface area (Å²) in [5.41, 5.74) is 0.508. The van der Waals surface area contributed by atoms with Gasteiger partial charge in [0.25, 0.3) is 0 Å². The van der Waals surface area contributed by atoms with E-state index in [9.17, 15) is 4.39 Å². The predicted molar refractivity (Wildman–Crippen MR) is 68.5 cm³/mol. The van der Waals surface area contributed by atoms with E-state index in [1.54, 1.807) is 12.1 Å². The van der Waals surface area contributed by atoms with Gasteiger partial charge in [0.1, 0.15) is 5.82 Å². The van der Waals surface area contributed by atoms with Crippen LogP contribution in [0, 0.1) is 22.6 Å². The van der Waals surface area contributed by atoms with Crippen LogP contribution in [0.1, 0.15) is 26.7 Å². The average molecular weight is 255 g/mol. The molecular weight excluding hydrogens is 239 g/mol. The summed E-state index contributed by atoms with van der Waals surface area (Å²) in [4.78, 5) is 0. The van der Waals surface area contributed by atoms with Gasteiger partial charge in [0.15, 0.2) is 0 Å². The van der Waals surface area contributed by atoms with Gasteiger partial charge in [-0.15, -0.1) is 0 Å². The molecular formula is C13H16ClFN2. The average Bonchev–Trinajstić information content (AvgIpc) is 2.29. The number of nitriles is 1. The Balaban J connectivity index is 2.37. The second-order valence-electron chi connectivity index (χ2n) is 4.65. The summed E-state index contributed by atoms with van der Waals surface area (Å²) < 4.78 is 12.9. The monoisotopic (exact) mass is 254 g/mol. The summed E-state index contributed by atoms with van der Waals surface area (Å²) in [6.45, 7) is 4.58. The number of benzene rings is 1. The molecule has 0 aliphatic carbocycles. The molecule has 2 nitrogen and oxygen atoms in total. The standard InChI is InChI=1S/C13H16ClFN2/c1-13(2,9-16)6-3-7-17-10-4-5-12(15)11(14)8-10/h4-5,8,17H,3,6-7H2,1-2H3. The Morgan fingerprint density at radius 1 is 1.47 bits per heavy atom. The second-order valence-corrected chi connectivity index (χ2v) is 5.06. The third kappa shape index (κ3) is 4.62. The molecule has 0 spiro atoms. The molecule has 0 saturated carbocycles. The molecule has 17 heavy (non-hydrogen) atoms. The van der Waals surface area contributed by atoms with Gasteiger partial charge in [-0.2, -0.15) is 5.26 Å². The van der Waals surface area contributed by atoms with Crippen molar-refractivity contribution in [1.82, 2.24) is 0 Å². The highest BCUT2D eigenvalue weighted by molar-refractivity contribution is 6.31. The van der Waals surface area contributed by atoms with E-state index in [4.69, 9.17) is 16.9 Å². The van der Waals surface area contributed by atoms with Gasteiger partial charge in [-0.1, -0.05) is 11.6 Å². The number of anilines is 1. The molecule has 0 amide bonds. The van der Waals surface area contributed by atoms with Gasteiger partial charge in [0.2, 0.25) is 0 Å². The fourth-order valence-corrected chi connectivity index (χ4v) is 1.61. The third-order valence-electron chi connectivity index (χ3n) is 2.53. The molecule has 0 atom stereocenters. The topological polar surface area (TPSA) is 35.8 Å². The molecule has 1 aromatic carbocycles. The lowest BCUT2D eigenvalue weighted by atomic mass is 9.90. The first-order chi connectivity index (χ1) is 7.94. The maximum absolute atomic E-state index is 12.9. The van der Waals surface area contributed by atoms with E-state index in [0.29, 0.717) is 0 Å². The van der Waals surface area contributed by atoms with Crippen LogP contribution in [-0.4, -0.2) is 6.54 Å². The van der Waals surface area contributed by atoms with Crippen molar-refractivity contribution >= 4 is 17.3 Å². The zero-order valence-corrected chi connectivity index (χ0v) is 10.8. The Hall–Kier alpha value is -1.27. The van der Waals surface area contributed by atoms with Gasteiger partial charge in [-0.25, -0.2) is 4.39 Å². The van der Waals surface area contributed by atoms with Crippen molar-refractivity contribution in [2.24, 2.45) is 5.41 Å². The maximum atomic E-state index is 12.9. The quantitative estimate of drug-likeness (QED) is 0.799. The molecule has 1 rings (SSSR count). The lowest BCUT2D eigenvalue weighted by Crippen LogP contribution is -2.11. The highest BCUT2D eigenvalue weighted by Crippen LogP contribution is 2.22. The molecule has 0 fully saturated rings. The van der Waals surface area contributed by atoms with Crippen LogP contribution < -0.4 is 5.32 Å². The number of hydrogen-bond donors (Lipinski definition) is 1. The Labute approximate surface area is 106 Å². The van der Waals surface area contributed by atoms with E-state index >= 15 is 0 Å². The van der Waals surface area contributed by atoms with Crippen molar-refractivity contribution in [1.29, 1.82) is 5.26 Å². The van der Waals surface area contributed by atoms with Crippen LogP contribution >= 0.6 is 11.6 Å². The van der Waals surface area contributed by atoms with Crippen LogP contribution in [0.15, 0.2) is 18.2 Å². The third-order valence-corrected chi connectivity index (χ3v) is 2.82. The molecule has 0 aromatic heterocycles. The maximum Gasteiger partial charge on any atom is 0.141 e. The Kier molecular flexibility index (Phi) is 4.77. The number of halogens is 2. The van der Waals surface area contributed by atoms with Crippen molar-refractivity contribution in [2.45, 2.75) is 26.7 Å². The summed E-state index contributed by atoms with van der Waals surface area (Å²) in [6.07, 6.45) is 1.71. The van der Waals surface area contributed by atoms with E-state index in [1.165, 1.54) is 6.07 Å². The highest BCUT2D eigenvalue weighted by Gasteiger charge is 2.15. The number of rotatable bonds is 5. The Morgan fingerprint density at radius 3 is 2.76 bits per heavy atom. The minimum atomic E-state index is -0.414. The molecule has 0 radical (unpaired) electrons. The second kappa shape index (κ2) is 5.88. The Bertz CT molecular complexity index is 424. The van der Waals surface area contributed by atoms with Crippen molar-refractivity contribution in [3.63, 3.8) is 0 Å². The summed E-state index contributed by atoms with van der Waals surface area (Å²) in [6, 6.07) is 6.81. The highest BCUT2D eigenvalue weighted by atomic mass is 35.5. The molecule has 92 valence electrons. The van der Waals surface area contributed by atoms with E-state index in [-0.39, 0.29) is 10.4 Å². The van der Waals surface area contributed by atoms with Crippen molar-refractivity contribution < 1.29 is 4.39 Å². The normalized spacial score (nSPS) is 11.0. The van der Waals surface area contributed by atoms with Crippen LogP contribution in [0.3, 0.4) is 0 Å². The van der Waals surface area contributed by atoms with Crippen LogP contribution in [0.2, 0.25) is 5.02 Å². The van der Waals surface area contributed by atoms with Gasteiger partial charge in [0.05, 0.1) is 16.5 Å². The largest absolute Gasteiger partial charge is 0.385 e. The summed E-state index contributed by atoms with van der Waals surface area (Å²) in [5.74, 6) is -0.414. The number of nitrogens with zero attached hydrogens (tertiary/aromatic N) is 1. The molecule has 0 saturated heterocycles. The molecule has 0 aliphatic rings. The smallest absolute Gasteiger partial charge is 0.141 e.